The molecule has 5 nitrogen and oxygen atoms in total. The third-order valence-corrected chi connectivity index (χ3v) is 3.15. The van der Waals surface area contributed by atoms with Crippen molar-refractivity contribution in [3.05, 3.63) is 47.5 Å². The summed E-state index contributed by atoms with van der Waals surface area (Å²) in [5, 5.41) is 7.01. The van der Waals surface area contributed by atoms with E-state index in [9.17, 15) is 9.18 Å². The van der Waals surface area contributed by atoms with Crippen LogP contribution in [0.5, 0.6) is 5.75 Å². The molecule has 0 spiro atoms. The van der Waals surface area contributed by atoms with Crippen molar-refractivity contribution in [3.63, 3.8) is 0 Å². The van der Waals surface area contributed by atoms with Crippen LogP contribution in [0.3, 0.4) is 0 Å². The van der Waals surface area contributed by atoms with Crippen molar-refractivity contribution in [3.8, 4) is 5.75 Å². The zero-order chi connectivity index (χ0) is 16.1. The summed E-state index contributed by atoms with van der Waals surface area (Å²) in [5.74, 6) is -0.453. The molecule has 0 bridgehead atoms. The number of carbonyl (C=O) groups excluding carboxylic acids is 1. The van der Waals surface area contributed by atoms with Gasteiger partial charge in [0.25, 0.3) is 5.91 Å². The second-order valence-corrected chi connectivity index (χ2v) is 5.06. The Bertz CT molecular complexity index is 655. The lowest BCUT2D eigenvalue weighted by molar-refractivity contribution is 0.0920. The third-order valence-electron chi connectivity index (χ3n) is 3.15. The normalized spacial score (nSPS) is 12.0. The molecule has 0 aliphatic rings. The van der Waals surface area contributed by atoms with E-state index < -0.39 is 5.82 Å². The predicted molar refractivity (Wildman–Crippen MR) is 81.5 cm³/mol. The topological polar surface area (TPSA) is 56.2 Å². The Morgan fingerprint density at radius 1 is 1.45 bits per heavy atom. The molecule has 118 valence electrons. The van der Waals surface area contributed by atoms with Gasteiger partial charge in [0.15, 0.2) is 11.6 Å². The molecule has 0 fully saturated rings. The maximum absolute atomic E-state index is 13.5. The summed E-state index contributed by atoms with van der Waals surface area (Å²) in [6, 6.07) is 7.93. The van der Waals surface area contributed by atoms with Crippen LogP contribution >= 0.6 is 0 Å². The Balaban J connectivity index is 1.92. The van der Waals surface area contributed by atoms with Gasteiger partial charge in [0, 0.05) is 6.54 Å². The molecule has 0 saturated heterocycles. The number of halogens is 1. The Morgan fingerprint density at radius 2 is 2.18 bits per heavy atom. The number of aryl methyl sites for hydroxylation is 2. The van der Waals surface area contributed by atoms with Crippen molar-refractivity contribution in [2.24, 2.45) is 0 Å². The Morgan fingerprint density at radius 3 is 2.86 bits per heavy atom. The van der Waals surface area contributed by atoms with E-state index in [2.05, 4.69) is 10.4 Å². The number of ether oxygens (including phenoxy) is 1. The van der Waals surface area contributed by atoms with Crippen LogP contribution in [-0.4, -0.2) is 28.3 Å². The van der Waals surface area contributed by atoms with Crippen molar-refractivity contribution < 1.29 is 13.9 Å². The van der Waals surface area contributed by atoms with Gasteiger partial charge in [0.1, 0.15) is 11.8 Å². The third kappa shape index (κ3) is 3.84. The Labute approximate surface area is 129 Å². The van der Waals surface area contributed by atoms with E-state index in [0.29, 0.717) is 12.2 Å². The molecule has 0 unspecified atom stereocenters. The summed E-state index contributed by atoms with van der Waals surface area (Å²) in [6.07, 6.45) is -0.347. The average molecular weight is 305 g/mol. The molecule has 1 atom stereocenters. The molecule has 2 aromatic rings. The largest absolute Gasteiger partial charge is 0.486 e. The number of nitrogens with one attached hydrogen (secondary N) is 1. The second-order valence-electron chi connectivity index (χ2n) is 5.06. The SMILES string of the molecule is CCn1nc(C)cc1C(=O)NC[C@H](C)Oc1ccccc1F. The Kier molecular flexibility index (Phi) is 5.14. The molecular weight excluding hydrogens is 285 g/mol. The zero-order valence-electron chi connectivity index (χ0n) is 13.0. The van der Waals surface area contributed by atoms with Gasteiger partial charge in [-0.25, -0.2) is 4.39 Å². The van der Waals surface area contributed by atoms with E-state index in [1.165, 1.54) is 6.07 Å². The minimum Gasteiger partial charge on any atom is -0.486 e. The summed E-state index contributed by atoms with van der Waals surface area (Å²) in [7, 11) is 0. The fraction of sp³-hybridized carbons (Fsp3) is 0.375. The number of carbonyl (C=O) groups is 1. The summed E-state index contributed by atoms with van der Waals surface area (Å²) in [5.41, 5.74) is 1.31. The molecule has 22 heavy (non-hydrogen) atoms. The van der Waals surface area contributed by atoms with Gasteiger partial charge >= 0.3 is 0 Å². The molecule has 0 saturated carbocycles. The molecule has 0 radical (unpaired) electrons. The first-order chi connectivity index (χ1) is 10.5. The highest BCUT2D eigenvalue weighted by molar-refractivity contribution is 5.92. The lowest BCUT2D eigenvalue weighted by Crippen LogP contribution is -2.34. The number of aromatic nitrogens is 2. The number of rotatable bonds is 6. The molecule has 1 N–H and O–H groups in total. The van der Waals surface area contributed by atoms with Gasteiger partial charge in [-0.3, -0.25) is 9.48 Å². The molecule has 6 heteroatoms. The Hall–Kier alpha value is -2.37. The lowest BCUT2D eigenvalue weighted by Gasteiger charge is -2.16. The van der Waals surface area contributed by atoms with Crippen LogP contribution in [-0.2, 0) is 6.54 Å². The second kappa shape index (κ2) is 7.06. The van der Waals surface area contributed by atoms with E-state index >= 15 is 0 Å². The van der Waals surface area contributed by atoms with Crippen molar-refractivity contribution in [1.82, 2.24) is 15.1 Å². The van der Waals surface area contributed by atoms with Gasteiger partial charge in [-0.1, -0.05) is 12.1 Å². The van der Waals surface area contributed by atoms with Crippen molar-refractivity contribution >= 4 is 5.91 Å². The first-order valence-electron chi connectivity index (χ1n) is 7.25. The average Bonchev–Trinajstić information content (AvgIpc) is 2.88. The quantitative estimate of drug-likeness (QED) is 0.892. The smallest absolute Gasteiger partial charge is 0.269 e. The van der Waals surface area contributed by atoms with Crippen LogP contribution < -0.4 is 10.1 Å². The van der Waals surface area contributed by atoms with Crippen LogP contribution in [0.1, 0.15) is 30.0 Å². The highest BCUT2D eigenvalue weighted by Gasteiger charge is 2.15. The minimum absolute atomic E-state index is 0.179. The van der Waals surface area contributed by atoms with Crippen molar-refractivity contribution in [2.75, 3.05) is 6.54 Å². The number of benzene rings is 1. The standard InChI is InChI=1S/C16H20FN3O2/c1-4-20-14(9-11(2)19-20)16(21)18-10-12(3)22-15-8-6-5-7-13(15)17/h5-9,12H,4,10H2,1-3H3,(H,18,21)/t12-/m0/s1. The number of hydrogen-bond donors (Lipinski definition) is 1. The maximum Gasteiger partial charge on any atom is 0.269 e. The van der Waals surface area contributed by atoms with Crippen LogP contribution in [0.2, 0.25) is 0 Å². The van der Waals surface area contributed by atoms with Crippen LogP contribution in [0, 0.1) is 12.7 Å². The number of amides is 1. The highest BCUT2D eigenvalue weighted by atomic mass is 19.1. The fourth-order valence-electron chi connectivity index (χ4n) is 2.10. The van der Waals surface area contributed by atoms with Gasteiger partial charge in [-0.05, 0) is 39.0 Å². The zero-order valence-corrected chi connectivity index (χ0v) is 13.0. The fourth-order valence-corrected chi connectivity index (χ4v) is 2.10. The van der Waals surface area contributed by atoms with Crippen molar-refractivity contribution in [2.45, 2.75) is 33.4 Å². The molecule has 0 aliphatic carbocycles. The van der Waals surface area contributed by atoms with Crippen LogP contribution in [0.25, 0.3) is 0 Å². The molecule has 1 aromatic heterocycles. The monoisotopic (exact) mass is 305 g/mol. The highest BCUT2D eigenvalue weighted by Crippen LogP contribution is 2.16. The predicted octanol–water partition coefficient (Wildman–Crippen LogP) is 2.55. The lowest BCUT2D eigenvalue weighted by atomic mass is 10.3. The van der Waals surface area contributed by atoms with E-state index in [-0.39, 0.29) is 24.3 Å². The summed E-state index contributed by atoms with van der Waals surface area (Å²) < 4.78 is 20.6. The van der Waals surface area contributed by atoms with Gasteiger partial charge in [0.05, 0.1) is 12.2 Å². The molecule has 2 rings (SSSR count). The summed E-state index contributed by atoms with van der Waals surface area (Å²) >= 11 is 0. The van der Waals surface area contributed by atoms with E-state index in [1.54, 1.807) is 35.9 Å². The van der Waals surface area contributed by atoms with Crippen molar-refractivity contribution in [1.29, 1.82) is 0 Å². The van der Waals surface area contributed by atoms with Crippen LogP contribution in [0.4, 0.5) is 4.39 Å². The minimum atomic E-state index is -0.416. The molecule has 1 amide bonds. The number of nitrogens with zero attached hydrogens (tertiary/aromatic N) is 2. The molecule has 1 heterocycles. The summed E-state index contributed by atoms with van der Waals surface area (Å²) in [6.45, 7) is 6.44. The maximum atomic E-state index is 13.5. The van der Waals surface area contributed by atoms with E-state index in [0.717, 1.165) is 5.69 Å². The van der Waals surface area contributed by atoms with E-state index in [4.69, 9.17) is 4.74 Å². The first kappa shape index (κ1) is 16.0. The van der Waals surface area contributed by atoms with Gasteiger partial charge in [-0.15, -0.1) is 0 Å². The number of hydrogen-bond acceptors (Lipinski definition) is 3. The molecular formula is C16H20FN3O2. The van der Waals surface area contributed by atoms with E-state index in [1.807, 2.05) is 13.8 Å². The number of para-hydroxylation sites is 1. The van der Waals surface area contributed by atoms with Gasteiger partial charge in [0.2, 0.25) is 0 Å². The summed E-state index contributed by atoms with van der Waals surface area (Å²) in [4.78, 5) is 12.2. The van der Waals surface area contributed by atoms with Gasteiger partial charge in [-0.2, -0.15) is 5.10 Å². The molecule has 1 aromatic carbocycles. The molecule has 0 aliphatic heterocycles. The first-order valence-corrected chi connectivity index (χ1v) is 7.25. The van der Waals surface area contributed by atoms with Gasteiger partial charge < -0.3 is 10.1 Å². The van der Waals surface area contributed by atoms with Crippen LogP contribution in [0.15, 0.2) is 30.3 Å².